The number of carbonyl (C=O) groups is 2. The molecule has 1 heterocycles. The molecule has 2 N–H and O–H groups in total. The number of carboxylic acid groups (broad SMARTS) is 2. The molecule has 26 heavy (non-hydrogen) atoms. The molecular formula is C19H25NO5S. The van der Waals surface area contributed by atoms with E-state index in [1.165, 1.54) is 11.1 Å². The van der Waals surface area contributed by atoms with Gasteiger partial charge in [-0.2, -0.15) is 0 Å². The Morgan fingerprint density at radius 1 is 1.15 bits per heavy atom. The number of hydrogen-bond donors (Lipinski definition) is 2. The Kier molecular flexibility index (Phi) is 9.40. The van der Waals surface area contributed by atoms with E-state index in [0.29, 0.717) is 5.92 Å². The molecule has 0 aliphatic carbocycles. The van der Waals surface area contributed by atoms with E-state index in [1.54, 1.807) is 11.3 Å². The quantitative estimate of drug-likeness (QED) is 0.719. The lowest BCUT2D eigenvalue weighted by molar-refractivity contribution is -0.159. The predicted molar refractivity (Wildman–Crippen MR) is 102 cm³/mol. The van der Waals surface area contributed by atoms with E-state index in [-0.39, 0.29) is 0 Å². The average molecular weight is 379 g/mol. The number of aryl methyl sites for hydroxylation is 1. The summed E-state index contributed by atoms with van der Waals surface area (Å²) >= 11 is 1.68. The van der Waals surface area contributed by atoms with Crippen LogP contribution in [0.5, 0.6) is 5.06 Å². The number of aliphatic carboxylic acids is 2. The van der Waals surface area contributed by atoms with Gasteiger partial charge in [0.2, 0.25) is 0 Å². The third-order valence-electron chi connectivity index (χ3n) is 3.34. The van der Waals surface area contributed by atoms with Crippen LogP contribution in [0.1, 0.15) is 11.1 Å². The maximum atomic E-state index is 9.10. The lowest BCUT2D eigenvalue weighted by Gasteiger charge is -2.21. The van der Waals surface area contributed by atoms with Gasteiger partial charge >= 0.3 is 11.9 Å². The third kappa shape index (κ3) is 9.19. The monoisotopic (exact) mass is 379 g/mol. The number of carboxylic acids is 2. The zero-order valence-corrected chi connectivity index (χ0v) is 16.0. The van der Waals surface area contributed by atoms with Crippen molar-refractivity contribution in [3.8, 4) is 5.06 Å². The van der Waals surface area contributed by atoms with Crippen molar-refractivity contribution in [2.75, 3.05) is 27.2 Å². The first kappa shape index (κ1) is 21.7. The predicted octanol–water partition coefficient (Wildman–Crippen LogP) is 3.01. The second-order valence-corrected chi connectivity index (χ2v) is 7.06. The number of hydrogen-bond acceptors (Lipinski definition) is 5. The van der Waals surface area contributed by atoms with E-state index in [4.69, 9.17) is 24.5 Å². The molecule has 2 aromatic rings. The Morgan fingerprint density at radius 2 is 1.77 bits per heavy atom. The number of rotatable bonds is 7. The Bertz CT molecular complexity index is 672. The van der Waals surface area contributed by atoms with Crippen molar-refractivity contribution >= 4 is 23.3 Å². The third-order valence-corrected chi connectivity index (χ3v) is 4.30. The minimum atomic E-state index is -1.82. The number of nitrogens with zero attached hydrogens (tertiary/aromatic N) is 1. The molecule has 0 fully saturated rings. The molecule has 0 aliphatic rings. The summed E-state index contributed by atoms with van der Waals surface area (Å²) in [5.74, 6) is -3.14. The molecule has 1 unspecified atom stereocenters. The summed E-state index contributed by atoms with van der Waals surface area (Å²) in [4.78, 5) is 20.4. The van der Waals surface area contributed by atoms with Gasteiger partial charge in [0, 0.05) is 12.5 Å². The molecule has 1 aromatic heterocycles. The molecule has 1 atom stereocenters. The summed E-state index contributed by atoms with van der Waals surface area (Å²) in [5.41, 5.74) is 2.66. The van der Waals surface area contributed by atoms with E-state index < -0.39 is 11.9 Å². The van der Waals surface area contributed by atoms with E-state index in [2.05, 4.69) is 67.7 Å². The lowest BCUT2D eigenvalue weighted by Crippen LogP contribution is -2.27. The van der Waals surface area contributed by atoms with Crippen molar-refractivity contribution < 1.29 is 24.5 Å². The van der Waals surface area contributed by atoms with Gasteiger partial charge in [-0.25, -0.2) is 9.59 Å². The summed E-state index contributed by atoms with van der Waals surface area (Å²) in [6.07, 6.45) is 1.06. The highest BCUT2D eigenvalue weighted by molar-refractivity contribution is 7.12. The van der Waals surface area contributed by atoms with Gasteiger partial charge in [-0.1, -0.05) is 30.3 Å². The van der Waals surface area contributed by atoms with Crippen LogP contribution in [0, 0.1) is 12.8 Å². The van der Waals surface area contributed by atoms with Gasteiger partial charge < -0.3 is 19.8 Å². The van der Waals surface area contributed by atoms with Gasteiger partial charge in [-0.3, -0.25) is 0 Å². The molecule has 142 valence electrons. The number of ether oxygens (including phenoxy) is 1. The van der Waals surface area contributed by atoms with Gasteiger partial charge in [0.25, 0.3) is 0 Å². The first-order valence-corrected chi connectivity index (χ1v) is 8.98. The van der Waals surface area contributed by atoms with Crippen molar-refractivity contribution in [2.24, 2.45) is 5.92 Å². The Labute approximate surface area is 157 Å². The molecule has 0 aliphatic heterocycles. The fraction of sp³-hybridized carbons (Fsp3) is 0.368. The van der Waals surface area contributed by atoms with Gasteiger partial charge in [-0.15, -0.1) is 11.3 Å². The van der Waals surface area contributed by atoms with Gasteiger partial charge in [0.15, 0.2) is 5.06 Å². The fourth-order valence-electron chi connectivity index (χ4n) is 2.32. The molecule has 2 rings (SSSR count). The second kappa shape index (κ2) is 11.3. The summed E-state index contributed by atoms with van der Waals surface area (Å²) in [6.45, 7) is 3.91. The molecule has 0 amide bonds. The van der Waals surface area contributed by atoms with Crippen molar-refractivity contribution in [1.29, 1.82) is 0 Å². The smallest absolute Gasteiger partial charge is 0.414 e. The van der Waals surface area contributed by atoms with Crippen LogP contribution in [0.4, 0.5) is 0 Å². The number of benzene rings is 1. The molecule has 0 bridgehead atoms. The van der Waals surface area contributed by atoms with Crippen LogP contribution in [0.2, 0.25) is 0 Å². The van der Waals surface area contributed by atoms with Crippen molar-refractivity contribution in [2.45, 2.75) is 13.3 Å². The first-order valence-electron chi connectivity index (χ1n) is 8.10. The summed E-state index contributed by atoms with van der Waals surface area (Å²) in [7, 11) is 4.24. The molecular weight excluding hydrogens is 354 g/mol. The number of thiophene rings is 1. The molecule has 0 spiro atoms. The topological polar surface area (TPSA) is 87.1 Å². The van der Waals surface area contributed by atoms with Crippen LogP contribution in [0.25, 0.3) is 0 Å². The highest BCUT2D eigenvalue weighted by Crippen LogP contribution is 2.23. The Hall–Kier alpha value is -2.38. The van der Waals surface area contributed by atoms with Crippen LogP contribution in [0.3, 0.4) is 0 Å². The highest BCUT2D eigenvalue weighted by atomic mass is 32.1. The van der Waals surface area contributed by atoms with Crippen molar-refractivity contribution in [3.05, 3.63) is 52.9 Å². The second-order valence-electron chi connectivity index (χ2n) is 6.18. The molecule has 7 heteroatoms. The SMILES string of the molecule is Cc1csc(OCC(Cc2ccccc2)CN(C)C)c1.O=C(O)C(=O)O. The molecule has 6 nitrogen and oxygen atoms in total. The first-order chi connectivity index (χ1) is 12.3. The zero-order valence-electron chi connectivity index (χ0n) is 15.2. The molecule has 0 saturated heterocycles. The Balaban J connectivity index is 0.000000487. The normalized spacial score (nSPS) is 11.4. The van der Waals surface area contributed by atoms with Crippen LogP contribution in [0.15, 0.2) is 41.8 Å². The lowest BCUT2D eigenvalue weighted by atomic mass is 10.00. The van der Waals surface area contributed by atoms with Gasteiger partial charge in [0.1, 0.15) is 0 Å². The maximum absolute atomic E-state index is 9.10. The molecule has 0 saturated carbocycles. The van der Waals surface area contributed by atoms with Crippen molar-refractivity contribution in [1.82, 2.24) is 4.90 Å². The minimum Gasteiger partial charge on any atom is -0.484 e. The van der Waals surface area contributed by atoms with Crippen LogP contribution in [-0.4, -0.2) is 54.3 Å². The molecule has 0 radical (unpaired) electrons. The zero-order chi connectivity index (χ0) is 19.5. The fourth-order valence-corrected chi connectivity index (χ4v) is 3.08. The highest BCUT2D eigenvalue weighted by Gasteiger charge is 2.13. The summed E-state index contributed by atoms with van der Waals surface area (Å²) in [5, 5.41) is 17.9. The van der Waals surface area contributed by atoms with Gasteiger partial charge in [0.05, 0.1) is 6.61 Å². The van der Waals surface area contributed by atoms with E-state index >= 15 is 0 Å². The Morgan fingerprint density at radius 3 is 2.23 bits per heavy atom. The van der Waals surface area contributed by atoms with E-state index in [0.717, 1.165) is 24.6 Å². The van der Waals surface area contributed by atoms with E-state index in [9.17, 15) is 0 Å². The summed E-state index contributed by atoms with van der Waals surface area (Å²) < 4.78 is 5.95. The van der Waals surface area contributed by atoms with E-state index in [1.807, 2.05) is 0 Å². The maximum Gasteiger partial charge on any atom is 0.414 e. The van der Waals surface area contributed by atoms with Gasteiger partial charge in [-0.05, 0) is 50.0 Å². The average Bonchev–Trinajstić information content (AvgIpc) is 2.99. The van der Waals surface area contributed by atoms with Crippen LogP contribution in [-0.2, 0) is 16.0 Å². The van der Waals surface area contributed by atoms with Crippen LogP contribution >= 0.6 is 11.3 Å². The van der Waals surface area contributed by atoms with Crippen LogP contribution < -0.4 is 4.74 Å². The molecule has 1 aromatic carbocycles. The van der Waals surface area contributed by atoms with Crippen molar-refractivity contribution in [3.63, 3.8) is 0 Å². The minimum absolute atomic E-state index is 0.509. The summed E-state index contributed by atoms with van der Waals surface area (Å²) in [6, 6.07) is 12.8. The standard InChI is InChI=1S/C17H23NOS.C2H2O4/c1-14-9-17(20-13-14)19-12-16(11-18(2)3)10-15-7-5-4-6-8-15;3-1(4)2(5)6/h4-9,13,16H,10-12H2,1-3H3;(H,3,4)(H,5,6). The largest absolute Gasteiger partial charge is 0.484 e.